The zero-order chi connectivity index (χ0) is 30.8. The third-order valence-electron chi connectivity index (χ3n) is 7.11. The van der Waals surface area contributed by atoms with Gasteiger partial charge in [0, 0.05) is 16.1 Å². The van der Waals surface area contributed by atoms with Crippen LogP contribution in [0.4, 0.5) is 0 Å². The van der Waals surface area contributed by atoms with E-state index in [2.05, 4.69) is 20.9 Å². The highest BCUT2D eigenvalue weighted by Gasteiger charge is 2.33. The minimum atomic E-state index is -0.836. The lowest BCUT2D eigenvalue weighted by Crippen LogP contribution is -2.39. The number of ether oxygens (including phenoxy) is 2. The van der Waals surface area contributed by atoms with Crippen molar-refractivity contribution in [3.05, 3.63) is 149 Å². The lowest BCUT2D eigenvalue weighted by Gasteiger charge is -2.25. The molecule has 1 aliphatic rings. The Morgan fingerprint density at radius 3 is 2.50 bits per heavy atom. The summed E-state index contributed by atoms with van der Waals surface area (Å²) in [5, 5.41) is 0. The molecule has 44 heavy (non-hydrogen) atoms. The molecule has 6 rings (SSSR count). The summed E-state index contributed by atoms with van der Waals surface area (Å²) in [4.78, 5) is 44.8. The van der Waals surface area contributed by atoms with E-state index in [0.29, 0.717) is 37.7 Å². The van der Waals surface area contributed by atoms with Crippen LogP contribution in [0.5, 0.6) is 0 Å². The van der Waals surface area contributed by atoms with E-state index in [1.54, 1.807) is 43.3 Å². The van der Waals surface area contributed by atoms with Gasteiger partial charge in [-0.05, 0) is 54.4 Å². The number of hydrogen-bond donors (Lipinski definition) is 0. The van der Waals surface area contributed by atoms with Crippen LogP contribution in [0.2, 0.25) is 0 Å². The van der Waals surface area contributed by atoms with Crippen LogP contribution in [0.1, 0.15) is 40.2 Å². The Labute approximate surface area is 264 Å². The molecule has 0 saturated heterocycles. The smallest absolute Gasteiger partial charge is 0.338 e. The van der Waals surface area contributed by atoms with Crippen molar-refractivity contribution in [1.82, 2.24) is 4.57 Å². The predicted octanol–water partition coefficient (Wildman–Crippen LogP) is 5.79. The number of nitrogens with zero attached hydrogens (tertiary/aromatic N) is 2. The van der Waals surface area contributed by atoms with Crippen molar-refractivity contribution in [2.24, 2.45) is 4.99 Å². The van der Waals surface area contributed by atoms with E-state index in [-0.39, 0.29) is 17.7 Å². The second-order valence-electron chi connectivity index (χ2n) is 9.97. The number of furan rings is 1. The van der Waals surface area contributed by atoms with Gasteiger partial charge in [0.25, 0.3) is 5.56 Å². The maximum Gasteiger partial charge on any atom is 0.338 e. The molecule has 0 radical (unpaired) electrons. The Bertz CT molecular complexity index is 2090. The normalized spacial score (nSPS) is 14.6. The molecule has 0 amide bonds. The second-order valence-corrected chi connectivity index (χ2v) is 11.9. The predicted molar refractivity (Wildman–Crippen MR) is 170 cm³/mol. The quantitative estimate of drug-likeness (QED) is 0.204. The number of rotatable bonds is 7. The lowest BCUT2D eigenvalue weighted by molar-refractivity contribution is -0.140. The van der Waals surface area contributed by atoms with Crippen molar-refractivity contribution in [2.75, 3.05) is 7.11 Å². The molecule has 0 spiro atoms. The summed E-state index contributed by atoms with van der Waals surface area (Å²) in [5.74, 6) is 0.0853. The molecule has 1 atom stereocenters. The van der Waals surface area contributed by atoms with Crippen molar-refractivity contribution >= 4 is 45.3 Å². The number of methoxy groups -OCH3 is 1. The molecular formula is C34H25BrN2O6S. The molecule has 5 aromatic rings. The molecule has 0 aliphatic carbocycles. The molecule has 3 heterocycles. The van der Waals surface area contributed by atoms with E-state index >= 15 is 0 Å². The van der Waals surface area contributed by atoms with E-state index in [0.717, 1.165) is 15.6 Å². The van der Waals surface area contributed by atoms with Gasteiger partial charge in [-0.1, -0.05) is 81.9 Å². The summed E-state index contributed by atoms with van der Waals surface area (Å²) in [7, 11) is 1.31. The maximum absolute atomic E-state index is 14.0. The van der Waals surface area contributed by atoms with E-state index < -0.39 is 18.0 Å². The Kier molecular flexibility index (Phi) is 8.28. The molecule has 1 aliphatic heterocycles. The highest BCUT2D eigenvalue weighted by Crippen LogP contribution is 2.31. The first-order valence-electron chi connectivity index (χ1n) is 13.6. The number of halogens is 1. The number of hydrogen-bond acceptors (Lipinski definition) is 8. The van der Waals surface area contributed by atoms with Gasteiger partial charge in [0.05, 0.1) is 34.5 Å². The number of aromatic nitrogens is 1. The summed E-state index contributed by atoms with van der Waals surface area (Å²) in [6.07, 6.45) is 1.68. The number of allylic oxidation sites excluding steroid dienone is 1. The van der Waals surface area contributed by atoms with Gasteiger partial charge in [-0.2, -0.15) is 0 Å². The van der Waals surface area contributed by atoms with E-state index in [1.807, 2.05) is 60.7 Å². The van der Waals surface area contributed by atoms with E-state index in [1.165, 1.54) is 23.0 Å². The zero-order valence-corrected chi connectivity index (χ0v) is 26.1. The Balaban J connectivity index is 1.42. The van der Waals surface area contributed by atoms with Crippen molar-refractivity contribution in [3.63, 3.8) is 0 Å². The van der Waals surface area contributed by atoms with Gasteiger partial charge in [0.2, 0.25) is 0 Å². The van der Waals surface area contributed by atoms with E-state index in [4.69, 9.17) is 13.9 Å². The zero-order valence-electron chi connectivity index (χ0n) is 23.7. The number of benzene rings is 3. The molecule has 0 N–H and O–H groups in total. The average molecular weight is 670 g/mol. The van der Waals surface area contributed by atoms with Crippen molar-refractivity contribution in [3.8, 4) is 11.3 Å². The second kappa shape index (κ2) is 12.4. The highest BCUT2D eigenvalue weighted by atomic mass is 79.9. The van der Waals surface area contributed by atoms with Gasteiger partial charge in [0.1, 0.15) is 18.1 Å². The third kappa shape index (κ3) is 5.86. The maximum atomic E-state index is 14.0. The SMILES string of the molecule is COC(=O)c1ccc(C2C(C(=O)OCc3ccccc3)=C(C)N=c3sc(=Cc4ccc(-c5cccc(Br)c5)o4)c(=O)n32)cc1. The van der Waals surface area contributed by atoms with Crippen LogP contribution >= 0.6 is 27.3 Å². The Morgan fingerprint density at radius 1 is 1.00 bits per heavy atom. The highest BCUT2D eigenvalue weighted by molar-refractivity contribution is 9.10. The summed E-state index contributed by atoms with van der Waals surface area (Å²) < 4.78 is 19.4. The third-order valence-corrected chi connectivity index (χ3v) is 8.59. The fraction of sp³-hybridized carbons (Fsp3) is 0.118. The minimum Gasteiger partial charge on any atom is -0.465 e. The largest absolute Gasteiger partial charge is 0.465 e. The first kappa shape index (κ1) is 29.3. The number of thiazole rings is 1. The van der Waals surface area contributed by atoms with Crippen LogP contribution in [0.3, 0.4) is 0 Å². The summed E-state index contributed by atoms with van der Waals surface area (Å²) in [6.45, 7) is 1.79. The lowest BCUT2D eigenvalue weighted by atomic mass is 9.95. The van der Waals surface area contributed by atoms with Gasteiger partial charge in [0.15, 0.2) is 4.80 Å². The fourth-order valence-electron chi connectivity index (χ4n) is 4.97. The van der Waals surface area contributed by atoms with E-state index in [9.17, 15) is 14.4 Å². The summed E-state index contributed by atoms with van der Waals surface area (Å²) in [6, 6.07) is 26.5. The molecule has 10 heteroatoms. The van der Waals surface area contributed by atoms with Crippen LogP contribution in [0, 0.1) is 0 Å². The first-order chi connectivity index (χ1) is 21.3. The molecule has 0 saturated carbocycles. The van der Waals surface area contributed by atoms with Crippen LogP contribution in [-0.4, -0.2) is 23.6 Å². The molecule has 8 nitrogen and oxygen atoms in total. The van der Waals surface area contributed by atoms with Gasteiger partial charge in [-0.15, -0.1) is 0 Å². The molecular weight excluding hydrogens is 644 g/mol. The first-order valence-corrected chi connectivity index (χ1v) is 15.2. The van der Waals surface area contributed by atoms with Crippen LogP contribution in [0.15, 0.2) is 121 Å². The van der Waals surface area contributed by atoms with Gasteiger partial charge < -0.3 is 13.9 Å². The standard InChI is InChI=1S/C34H25BrN2O6S/c1-20-29(33(40)42-19-21-7-4-3-5-8-21)30(22-11-13-23(14-12-22)32(39)41-2)37-31(38)28(44-34(37)36-20)18-26-15-16-27(43-26)24-9-6-10-25(35)17-24/h3-18,30H,19H2,1-2H3. The van der Waals surface area contributed by atoms with Crippen molar-refractivity contribution < 1.29 is 23.5 Å². The van der Waals surface area contributed by atoms with Gasteiger partial charge in [-0.3, -0.25) is 9.36 Å². The average Bonchev–Trinajstić information content (AvgIpc) is 3.63. The molecule has 0 bridgehead atoms. The number of fused-ring (bicyclic) bond motifs is 1. The minimum absolute atomic E-state index is 0.0632. The van der Waals surface area contributed by atoms with Crippen LogP contribution in [-0.2, 0) is 20.9 Å². The van der Waals surface area contributed by atoms with Crippen molar-refractivity contribution in [2.45, 2.75) is 19.6 Å². The van der Waals surface area contributed by atoms with Gasteiger partial charge >= 0.3 is 11.9 Å². The Morgan fingerprint density at radius 2 is 1.77 bits per heavy atom. The van der Waals surface area contributed by atoms with Gasteiger partial charge in [-0.25, -0.2) is 14.6 Å². The molecule has 0 fully saturated rings. The monoisotopic (exact) mass is 668 g/mol. The molecule has 220 valence electrons. The van der Waals surface area contributed by atoms with Crippen LogP contribution < -0.4 is 14.9 Å². The molecule has 1 unspecified atom stereocenters. The number of carbonyl (C=O) groups is 2. The number of carbonyl (C=O) groups excluding carboxylic acids is 2. The molecule has 3 aromatic carbocycles. The summed E-state index contributed by atoms with van der Waals surface area (Å²) >= 11 is 4.68. The molecule has 2 aromatic heterocycles. The van der Waals surface area contributed by atoms with Crippen molar-refractivity contribution in [1.29, 1.82) is 0 Å². The number of esters is 2. The van der Waals surface area contributed by atoms with Crippen LogP contribution in [0.25, 0.3) is 17.4 Å². The topological polar surface area (TPSA) is 100 Å². The summed E-state index contributed by atoms with van der Waals surface area (Å²) in [5.41, 5.74) is 3.02. The fourth-order valence-corrected chi connectivity index (χ4v) is 6.40. The Hall–Kier alpha value is -4.80.